The molecule has 0 aliphatic heterocycles. The second kappa shape index (κ2) is 6.84. The van der Waals surface area contributed by atoms with Crippen molar-refractivity contribution in [3.8, 4) is 0 Å². The number of carbonyl (C=O) groups is 1. The number of rotatable bonds is 3. The maximum absolute atomic E-state index is 13.0. The third kappa shape index (κ3) is 3.80. The van der Waals surface area contributed by atoms with Crippen molar-refractivity contribution in [1.82, 2.24) is 0 Å². The average molecular weight is 457 g/mol. The van der Waals surface area contributed by atoms with Gasteiger partial charge in [-0.25, -0.2) is 12.7 Å². The van der Waals surface area contributed by atoms with Crippen LogP contribution in [0.5, 0.6) is 0 Å². The first-order valence-electron chi connectivity index (χ1n) is 7.46. The van der Waals surface area contributed by atoms with E-state index in [1.807, 2.05) is 22.6 Å². The highest BCUT2D eigenvalue weighted by molar-refractivity contribution is 14.1. The zero-order chi connectivity index (χ0) is 18.1. The third-order valence-corrected chi connectivity index (χ3v) is 6.33. The molecule has 0 radical (unpaired) electrons. The Kier molecular flexibility index (Phi) is 5.39. The summed E-state index contributed by atoms with van der Waals surface area (Å²) < 4.78 is 27.5. The normalized spacial score (nSPS) is 12.0. The molecule has 1 amide bonds. The van der Waals surface area contributed by atoms with Crippen molar-refractivity contribution in [2.24, 2.45) is 0 Å². The molecule has 0 aromatic heterocycles. The molecule has 0 unspecified atom stereocenters. The molecule has 0 heterocycles. The molecule has 6 heteroatoms. The topological polar surface area (TPSA) is 54.5 Å². The van der Waals surface area contributed by atoms with Crippen LogP contribution in [0.1, 0.15) is 33.3 Å². The quantitative estimate of drug-likeness (QED) is 0.645. The molecular weight excluding hydrogens is 437 g/mol. The van der Waals surface area contributed by atoms with E-state index in [4.69, 9.17) is 0 Å². The minimum Gasteiger partial charge on any atom is -0.274 e. The highest BCUT2D eigenvalue weighted by Gasteiger charge is 2.30. The van der Waals surface area contributed by atoms with Gasteiger partial charge in [0.25, 0.3) is 10.0 Å². The van der Waals surface area contributed by atoms with Gasteiger partial charge < -0.3 is 0 Å². The summed E-state index contributed by atoms with van der Waals surface area (Å²) >= 11 is 2.03. The SMILES string of the molecule is CC(=O)N(c1ccccc1I)S(=O)(=O)c1ccc(C(C)(C)C)cc1. The average Bonchev–Trinajstić information content (AvgIpc) is 2.48. The molecule has 2 rings (SSSR count). The number of para-hydroxylation sites is 1. The lowest BCUT2D eigenvalue weighted by molar-refractivity contribution is -0.115. The van der Waals surface area contributed by atoms with Crippen molar-refractivity contribution in [3.63, 3.8) is 0 Å². The van der Waals surface area contributed by atoms with Gasteiger partial charge in [0.15, 0.2) is 0 Å². The van der Waals surface area contributed by atoms with Crippen LogP contribution in [0.4, 0.5) is 5.69 Å². The zero-order valence-corrected chi connectivity index (χ0v) is 17.1. The lowest BCUT2D eigenvalue weighted by Crippen LogP contribution is -2.35. The summed E-state index contributed by atoms with van der Waals surface area (Å²) in [7, 11) is -3.96. The maximum Gasteiger partial charge on any atom is 0.270 e. The minimum atomic E-state index is -3.96. The molecule has 0 fully saturated rings. The highest BCUT2D eigenvalue weighted by atomic mass is 127. The van der Waals surface area contributed by atoms with Crippen LogP contribution < -0.4 is 4.31 Å². The molecule has 4 nitrogen and oxygen atoms in total. The van der Waals surface area contributed by atoms with Crippen molar-refractivity contribution in [1.29, 1.82) is 0 Å². The smallest absolute Gasteiger partial charge is 0.270 e. The highest BCUT2D eigenvalue weighted by Crippen LogP contribution is 2.30. The summed E-state index contributed by atoms with van der Waals surface area (Å²) in [5, 5.41) is 0. The van der Waals surface area contributed by atoms with E-state index in [9.17, 15) is 13.2 Å². The van der Waals surface area contributed by atoms with Crippen LogP contribution in [0.25, 0.3) is 0 Å². The first kappa shape index (κ1) is 18.9. The Balaban J connectivity index is 2.54. The molecule has 0 N–H and O–H groups in total. The van der Waals surface area contributed by atoms with E-state index in [0.717, 1.165) is 9.87 Å². The molecule has 0 atom stereocenters. The molecule has 0 bridgehead atoms. The van der Waals surface area contributed by atoms with Gasteiger partial charge in [-0.1, -0.05) is 45.0 Å². The first-order chi connectivity index (χ1) is 11.0. The Morgan fingerprint density at radius 1 is 1.00 bits per heavy atom. The second-order valence-electron chi connectivity index (χ2n) is 6.51. The monoisotopic (exact) mass is 457 g/mol. The van der Waals surface area contributed by atoms with Crippen LogP contribution in [-0.2, 0) is 20.2 Å². The van der Waals surface area contributed by atoms with Crippen molar-refractivity contribution in [3.05, 3.63) is 57.7 Å². The van der Waals surface area contributed by atoms with E-state index in [-0.39, 0.29) is 10.3 Å². The van der Waals surface area contributed by atoms with Gasteiger partial charge in [0.1, 0.15) is 0 Å². The molecule has 2 aromatic rings. The predicted octanol–water partition coefficient (Wildman–Crippen LogP) is 4.33. The third-order valence-electron chi connectivity index (χ3n) is 3.62. The predicted molar refractivity (Wildman–Crippen MR) is 105 cm³/mol. The molecule has 24 heavy (non-hydrogen) atoms. The first-order valence-corrected chi connectivity index (χ1v) is 9.98. The van der Waals surface area contributed by atoms with Gasteiger partial charge in [0.05, 0.1) is 10.6 Å². The van der Waals surface area contributed by atoms with E-state index < -0.39 is 15.9 Å². The Morgan fingerprint density at radius 3 is 2.00 bits per heavy atom. The molecule has 0 spiro atoms. The number of halogens is 1. The molecule has 128 valence electrons. The van der Waals surface area contributed by atoms with Gasteiger partial charge in [-0.05, 0) is 57.8 Å². The number of amides is 1. The number of hydrogen-bond donors (Lipinski definition) is 0. The van der Waals surface area contributed by atoms with Gasteiger partial charge in [-0.3, -0.25) is 4.79 Å². The van der Waals surface area contributed by atoms with Crippen molar-refractivity contribution in [2.45, 2.75) is 38.0 Å². The van der Waals surface area contributed by atoms with Crippen LogP contribution in [0.15, 0.2) is 53.4 Å². The maximum atomic E-state index is 13.0. The molecule has 0 aliphatic carbocycles. The molecule has 2 aromatic carbocycles. The molecule has 0 saturated heterocycles. The fraction of sp³-hybridized carbons (Fsp3) is 0.278. The second-order valence-corrected chi connectivity index (χ2v) is 9.46. The Labute approximate surface area is 157 Å². The fourth-order valence-corrected chi connectivity index (χ4v) is 4.56. The van der Waals surface area contributed by atoms with Crippen molar-refractivity contribution < 1.29 is 13.2 Å². The fourth-order valence-electron chi connectivity index (χ4n) is 2.32. The lowest BCUT2D eigenvalue weighted by atomic mass is 9.87. The summed E-state index contributed by atoms with van der Waals surface area (Å²) in [5.74, 6) is -0.543. The number of carbonyl (C=O) groups excluding carboxylic acids is 1. The molecule has 0 aliphatic rings. The van der Waals surface area contributed by atoms with E-state index in [1.165, 1.54) is 6.92 Å². The Morgan fingerprint density at radius 2 is 1.54 bits per heavy atom. The number of benzene rings is 2. The van der Waals surface area contributed by atoms with E-state index >= 15 is 0 Å². The van der Waals surface area contributed by atoms with Gasteiger partial charge in [-0.15, -0.1) is 0 Å². The van der Waals surface area contributed by atoms with Crippen LogP contribution in [0.3, 0.4) is 0 Å². The standard InChI is InChI=1S/C18H20INO3S/c1-13(21)20(17-8-6-5-7-16(17)19)24(22,23)15-11-9-14(10-12-15)18(2,3)4/h5-12H,1-4H3. The summed E-state index contributed by atoms with van der Waals surface area (Å²) in [5.41, 5.74) is 1.33. The van der Waals surface area contributed by atoms with Gasteiger partial charge >= 0.3 is 0 Å². The summed E-state index contributed by atoms with van der Waals surface area (Å²) in [6.07, 6.45) is 0. The van der Waals surface area contributed by atoms with Crippen LogP contribution in [0, 0.1) is 3.57 Å². The van der Waals surface area contributed by atoms with Crippen molar-refractivity contribution in [2.75, 3.05) is 4.31 Å². The number of hydrogen-bond acceptors (Lipinski definition) is 3. The number of nitrogens with zero attached hydrogens (tertiary/aromatic N) is 1. The number of anilines is 1. The van der Waals surface area contributed by atoms with Crippen LogP contribution in [-0.4, -0.2) is 14.3 Å². The Hall–Kier alpha value is -1.41. The molecular formula is C18H20INO3S. The summed E-state index contributed by atoms with van der Waals surface area (Å²) in [6.45, 7) is 7.43. The lowest BCUT2D eigenvalue weighted by Gasteiger charge is -2.23. The van der Waals surface area contributed by atoms with Crippen LogP contribution >= 0.6 is 22.6 Å². The van der Waals surface area contributed by atoms with E-state index in [0.29, 0.717) is 9.26 Å². The summed E-state index contributed by atoms with van der Waals surface area (Å²) in [4.78, 5) is 12.2. The Bertz CT molecular complexity index is 853. The van der Waals surface area contributed by atoms with Crippen LogP contribution in [0.2, 0.25) is 0 Å². The largest absolute Gasteiger partial charge is 0.274 e. The summed E-state index contributed by atoms with van der Waals surface area (Å²) in [6, 6.07) is 13.6. The van der Waals surface area contributed by atoms with E-state index in [1.54, 1.807) is 48.5 Å². The van der Waals surface area contributed by atoms with Gasteiger partial charge in [0, 0.05) is 10.5 Å². The van der Waals surface area contributed by atoms with Gasteiger partial charge in [-0.2, -0.15) is 0 Å². The van der Waals surface area contributed by atoms with E-state index in [2.05, 4.69) is 20.8 Å². The van der Waals surface area contributed by atoms with Crippen molar-refractivity contribution >= 4 is 44.2 Å². The molecule has 0 saturated carbocycles. The number of sulfonamides is 1. The zero-order valence-electron chi connectivity index (χ0n) is 14.1. The minimum absolute atomic E-state index is 0.0721. The van der Waals surface area contributed by atoms with Gasteiger partial charge in [0.2, 0.25) is 5.91 Å².